The Morgan fingerprint density at radius 3 is 2.71 bits per heavy atom. The minimum atomic E-state index is -0.871. The third-order valence-corrected chi connectivity index (χ3v) is 7.22. The van der Waals surface area contributed by atoms with Crippen LogP contribution in [0.1, 0.15) is 60.9 Å². The van der Waals surface area contributed by atoms with Crippen LogP contribution in [-0.2, 0) is 6.54 Å². The maximum atomic E-state index is 11.8. The second kappa shape index (κ2) is 6.91. The van der Waals surface area contributed by atoms with Gasteiger partial charge in [-0.15, -0.1) is 0 Å². The number of hydrogen-bond acceptors (Lipinski definition) is 3. The van der Waals surface area contributed by atoms with Crippen LogP contribution < -0.4 is 10.2 Å². The number of fused-ring (bicyclic) bond motifs is 7. The first-order valence-electron chi connectivity index (χ1n) is 11.3. The number of hydrogen-bond donors (Lipinski definition) is 2. The molecule has 6 rings (SSSR count). The molecule has 0 bridgehead atoms. The van der Waals surface area contributed by atoms with Crippen LogP contribution in [0.25, 0.3) is 22.2 Å². The van der Waals surface area contributed by atoms with Gasteiger partial charge < -0.3 is 19.9 Å². The number of aromatic carboxylic acids is 1. The van der Waals surface area contributed by atoms with E-state index in [0.717, 1.165) is 17.8 Å². The molecule has 1 atom stereocenters. The van der Waals surface area contributed by atoms with Crippen molar-refractivity contribution in [3.8, 4) is 11.3 Å². The van der Waals surface area contributed by atoms with Gasteiger partial charge in [0.2, 0.25) is 0 Å². The Morgan fingerprint density at radius 2 is 1.90 bits per heavy atom. The third-order valence-electron chi connectivity index (χ3n) is 7.22. The first-order chi connectivity index (χ1) is 15.1. The van der Waals surface area contributed by atoms with Gasteiger partial charge in [-0.2, -0.15) is 0 Å². The van der Waals surface area contributed by atoms with Gasteiger partial charge in [-0.25, -0.2) is 4.79 Å². The van der Waals surface area contributed by atoms with E-state index < -0.39 is 5.97 Å². The van der Waals surface area contributed by atoms with Gasteiger partial charge in [0, 0.05) is 28.4 Å². The molecule has 0 amide bonds. The number of nitrogens with one attached hydrogen (secondary N) is 1. The fraction of sp³-hybridized carbons (Fsp3) is 0.346. The smallest absolute Gasteiger partial charge is 0.335 e. The number of nitrogens with zero attached hydrogens (tertiary/aromatic N) is 2. The molecule has 5 nitrogen and oxygen atoms in total. The van der Waals surface area contributed by atoms with Gasteiger partial charge in [0.05, 0.1) is 23.5 Å². The van der Waals surface area contributed by atoms with Crippen LogP contribution in [0, 0.1) is 0 Å². The van der Waals surface area contributed by atoms with Crippen molar-refractivity contribution in [1.29, 1.82) is 0 Å². The van der Waals surface area contributed by atoms with E-state index in [1.54, 1.807) is 6.07 Å². The molecule has 2 aliphatic heterocycles. The fourth-order valence-corrected chi connectivity index (χ4v) is 5.91. The highest BCUT2D eigenvalue weighted by Crippen LogP contribution is 2.48. The van der Waals surface area contributed by atoms with Crippen molar-refractivity contribution < 1.29 is 9.90 Å². The van der Waals surface area contributed by atoms with Crippen molar-refractivity contribution in [3.63, 3.8) is 0 Å². The zero-order chi connectivity index (χ0) is 21.1. The molecule has 1 unspecified atom stereocenters. The Bertz CT molecular complexity index is 1230. The van der Waals surface area contributed by atoms with Gasteiger partial charge in [0.25, 0.3) is 0 Å². The van der Waals surface area contributed by atoms with Crippen LogP contribution in [0.4, 0.5) is 5.69 Å². The molecule has 158 valence electrons. The summed E-state index contributed by atoms with van der Waals surface area (Å²) < 4.78 is 2.38. The summed E-state index contributed by atoms with van der Waals surface area (Å²) >= 11 is 0. The van der Waals surface area contributed by atoms with E-state index in [1.807, 2.05) is 6.07 Å². The molecule has 31 heavy (non-hydrogen) atoms. The van der Waals surface area contributed by atoms with Gasteiger partial charge in [-0.3, -0.25) is 0 Å². The lowest BCUT2D eigenvalue weighted by molar-refractivity contribution is 0.0697. The molecule has 0 spiro atoms. The topological polar surface area (TPSA) is 57.5 Å². The van der Waals surface area contributed by atoms with Crippen molar-refractivity contribution in [2.45, 2.75) is 57.7 Å². The van der Waals surface area contributed by atoms with E-state index in [9.17, 15) is 9.90 Å². The van der Waals surface area contributed by atoms with Crippen LogP contribution in [0.2, 0.25) is 0 Å². The number of rotatable bonds is 2. The highest BCUT2D eigenvalue weighted by atomic mass is 16.4. The molecule has 3 heterocycles. The van der Waals surface area contributed by atoms with Crippen molar-refractivity contribution in [3.05, 3.63) is 65.5 Å². The number of para-hydroxylation sites is 1. The Balaban J connectivity index is 1.68. The summed E-state index contributed by atoms with van der Waals surface area (Å²) in [5, 5.41) is 14.5. The molecule has 3 aromatic rings. The molecule has 2 aromatic carbocycles. The molecule has 1 aliphatic carbocycles. The molecule has 5 heteroatoms. The standard InChI is InChI=1S/C26H27N3O2/c1-16-14-28-21-10-6-5-9-20(21)25-24(17-7-3-2-4-8-17)19-12-11-18(26(30)31)13-22(19)29(25)15-23(28)27-16/h5-6,9-14,17,23,27H,2-4,7-8,15H2,1H3,(H,30,31). The molecule has 1 saturated carbocycles. The number of anilines is 1. The van der Waals surface area contributed by atoms with Crippen molar-refractivity contribution in [2.75, 3.05) is 4.90 Å². The summed E-state index contributed by atoms with van der Waals surface area (Å²) in [7, 11) is 0. The minimum absolute atomic E-state index is 0.116. The summed E-state index contributed by atoms with van der Waals surface area (Å²) in [5.41, 5.74) is 7.70. The van der Waals surface area contributed by atoms with E-state index >= 15 is 0 Å². The van der Waals surface area contributed by atoms with Gasteiger partial charge in [-0.1, -0.05) is 43.5 Å². The van der Waals surface area contributed by atoms with Gasteiger partial charge in [0.1, 0.15) is 6.17 Å². The molecule has 1 aromatic heterocycles. The Hall–Kier alpha value is -3.21. The van der Waals surface area contributed by atoms with Gasteiger partial charge in [0.15, 0.2) is 0 Å². The second-order valence-corrected chi connectivity index (χ2v) is 9.14. The SMILES string of the molecule is CC1=CN2c3ccccc3-c3c(C4CCCCC4)c4ccc(C(=O)O)cc4n3CC2N1. The zero-order valence-corrected chi connectivity index (χ0v) is 17.8. The van der Waals surface area contributed by atoms with E-state index in [-0.39, 0.29) is 6.17 Å². The third kappa shape index (κ3) is 2.79. The summed E-state index contributed by atoms with van der Waals surface area (Å²) in [6, 6.07) is 14.4. The molecule has 3 aliphatic rings. The number of allylic oxidation sites excluding steroid dienone is 1. The largest absolute Gasteiger partial charge is 0.478 e. The number of carboxylic acids is 1. The highest BCUT2D eigenvalue weighted by molar-refractivity contribution is 5.99. The Kier molecular flexibility index (Phi) is 4.13. The zero-order valence-electron chi connectivity index (χ0n) is 17.8. The van der Waals surface area contributed by atoms with E-state index in [4.69, 9.17) is 0 Å². The van der Waals surface area contributed by atoms with Crippen LogP contribution in [-0.4, -0.2) is 21.8 Å². The van der Waals surface area contributed by atoms with E-state index in [2.05, 4.69) is 58.2 Å². The van der Waals surface area contributed by atoms with E-state index in [1.165, 1.54) is 60.0 Å². The quantitative estimate of drug-likeness (QED) is 0.569. The van der Waals surface area contributed by atoms with Gasteiger partial charge >= 0.3 is 5.97 Å². The molecular formula is C26H27N3O2. The lowest BCUT2D eigenvalue weighted by Gasteiger charge is -2.25. The molecule has 1 fully saturated rings. The summed E-state index contributed by atoms with van der Waals surface area (Å²) in [6.45, 7) is 2.87. The minimum Gasteiger partial charge on any atom is -0.478 e. The fourth-order valence-electron chi connectivity index (χ4n) is 5.91. The number of carbonyl (C=O) groups is 1. The monoisotopic (exact) mass is 413 g/mol. The maximum absolute atomic E-state index is 11.8. The van der Waals surface area contributed by atoms with Crippen molar-refractivity contribution in [1.82, 2.24) is 9.88 Å². The molecule has 2 N–H and O–H groups in total. The second-order valence-electron chi connectivity index (χ2n) is 9.14. The predicted octanol–water partition coefficient (Wildman–Crippen LogP) is 5.66. The first-order valence-corrected chi connectivity index (χ1v) is 11.3. The average Bonchev–Trinajstić information content (AvgIpc) is 3.28. The number of benzene rings is 2. The van der Waals surface area contributed by atoms with Crippen LogP contribution in [0.5, 0.6) is 0 Å². The summed E-state index contributed by atoms with van der Waals surface area (Å²) in [5.74, 6) is -0.349. The van der Waals surface area contributed by atoms with Crippen LogP contribution in [0.3, 0.4) is 0 Å². The average molecular weight is 414 g/mol. The Morgan fingerprint density at radius 1 is 1.10 bits per heavy atom. The van der Waals surface area contributed by atoms with Crippen LogP contribution >= 0.6 is 0 Å². The van der Waals surface area contributed by atoms with E-state index in [0.29, 0.717) is 11.5 Å². The number of carboxylic acid groups (broad SMARTS) is 1. The summed E-state index contributed by atoms with van der Waals surface area (Å²) in [4.78, 5) is 14.1. The van der Waals surface area contributed by atoms with Crippen molar-refractivity contribution >= 4 is 22.6 Å². The lowest BCUT2D eigenvalue weighted by Crippen LogP contribution is -2.38. The Labute approximate surface area is 182 Å². The lowest BCUT2D eigenvalue weighted by atomic mass is 9.81. The predicted molar refractivity (Wildman–Crippen MR) is 123 cm³/mol. The number of aromatic nitrogens is 1. The van der Waals surface area contributed by atoms with Crippen LogP contribution in [0.15, 0.2) is 54.4 Å². The normalized spacial score (nSPS) is 20.5. The molecule has 0 saturated heterocycles. The first kappa shape index (κ1) is 18.6. The highest BCUT2D eigenvalue weighted by Gasteiger charge is 2.35. The summed E-state index contributed by atoms with van der Waals surface area (Å²) in [6.07, 6.45) is 8.58. The maximum Gasteiger partial charge on any atom is 0.335 e. The molecular weight excluding hydrogens is 386 g/mol. The van der Waals surface area contributed by atoms with Crippen molar-refractivity contribution in [2.24, 2.45) is 0 Å². The molecule has 0 radical (unpaired) electrons. The van der Waals surface area contributed by atoms with Gasteiger partial charge in [-0.05, 0) is 49.4 Å².